The number of nitrogens with one attached hydrogen (secondary N) is 1. The lowest BCUT2D eigenvalue weighted by atomic mass is 9.85. The van der Waals surface area contributed by atoms with Crippen LogP contribution in [0.2, 0.25) is 0 Å². The Kier molecular flexibility index (Phi) is 5.09. The van der Waals surface area contributed by atoms with Gasteiger partial charge < -0.3 is 10.1 Å². The van der Waals surface area contributed by atoms with Crippen molar-refractivity contribution in [1.82, 2.24) is 0 Å². The van der Waals surface area contributed by atoms with E-state index in [1.807, 2.05) is 0 Å². The van der Waals surface area contributed by atoms with Crippen molar-refractivity contribution >= 4 is 11.7 Å². The van der Waals surface area contributed by atoms with Crippen LogP contribution in [0.5, 0.6) is 0 Å². The minimum absolute atomic E-state index is 0.234. The van der Waals surface area contributed by atoms with E-state index >= 15 is 0 Å². The summed E-state index contributed by atoms with van der Waals surface area (Å²) in [5.74, 6) is -3.42. The average Bonchev–Trinajstić information content (AvgIpc) is 2.43. The average molecular weight is 301 g/mol. The number of hydrogen-bond donors (Lipinski definition) is 1. The van der Waals surface area contributed by atoms with Gasteiger partial charge in [-0.25, -0.2) is 13.2 Å². The minimum atomic E-state index is -0.967. The van der Waals surface area contributed by atoms with Gasteiger partial charge in [-0.1, -0.05) is 6.42 Å². The molecule has 1 aliphatic rings. The largest absolute Gasteiger partial charge is 0.466 e. The molecule has 1 aliphatic carbocycles. The van der Waals surface area contributed by atoms with Crippen molar-refractivity contribution in [3.63, 3.8) is 0 Å². The van der Waals surface area contributed by atoms with Crippen molar-refractivity contribution in [3.8, 4) is 0 Å². The van der Waals surface area contributed by atoms with Crippen LogP contribution < -0.4 is 5.32 Å². The zero-order valence-electron chi connectivity index (χ0n) is 11.8. The zero-order chi connectivity index (χ0) is 15.4. The van der Waals surface area contributed by atoms with Gasteiger partial charge in [0.2, 0.25) is 0 Å². The van der Waals surface area contributed by atoms with E-state index in [1.165, 1.54) is 0 Å². The Morgan fingerprint density at radius 1 is 1.29 bits per heavy atom. The molecule has 0 heterocycles. The van der Waals surface area contributed by atoms with Crippen LogP contribution in [0, 0.1) is 23.4 Å². The van der Waals surface area contributed by atoms with E-state index in [4.69, 9.17) is 4.74 Å². The summed E-state index contributed by atoms with van der Waals surface area (Å²) in [5.41, 5.74) is -0.342. The lowest BCUT2D eigenvalue weighted by Crippen LogP contribution is -2.32. The van der Waals surface area contributed by atoms with E-state index < -0.39 is 17.5 Å². The van der Waals surface area contributed by atoms with Gasteiger partial charge in [0.05, 0.1) is 12.5 Å². The summed E-state index contributed by atoms with van der Waals surface area (Å²) in [7, 11) is 0. The normalized spacial score (nSPS) is 21.9. The highest BCUT2D eigenvalue weighted by Gasteiger charge is 2.29. The molecule has 2 atom stereocenters. The summed E-state index contributed by atoms with van der Waals surface area (Å²) < 4.78 is 45.1. The standard InChI is InChI=1S/C15H18F3NO2/c1-2-21-15(20)9-4-3-5-11(6-9)19-14-12(17)7-10(16)8-13(14)18/h7-9,11,19H,2-6H2,1H3. The van der Waals surface area contributed by atoms with Crippen molar-refractivity contribution in [2.75, 3.05) is 11.9 Å². The van der Waals surface area contributed by atoms with Gasteiger partial charge in [-0.3, -0.25) is 4.79 Å². The molecule has 1 fully saturated rings. The third-order valence-electron chi connectivity index (χ3n) is 3.65. The van der Waals surface area contributed by atoms with E-state index in [-0.39, 0.29) is 23.6 Å². The van der Waals surface area contributed by atoms with Crippen molar-refractivity contribution in [1.29, 1.82) is 0 Å². The number of hydrogen-bond acceptors (Lipinski definition) is 3. The maximum absolute atomic E-state index is 13.6. The second kappa shape index (κ2) is 6.83. The van der Waals surface area contributed by atoms with Crippen molar-refractivity contribution in [2.24, 2.45) is 5.92 Å². The van der Waals surface area contributed by atoms with Crippen LogP contribution in [0.1, 0.15) is 32.6 Å². The molecule has 1 aromatic rings. The molecule has 1 saturated carbocycles. The molecule has 116 valence electrons. The molecule has 3 nitrogen and oxygen atoms in total. The molecular weight excluding hydrogens is 283 g/mol. The molecule has 6 heteroatoms. The number of benzene rings is 1. The lowest BCUT2D eigenvalue weighted by Gasteiger charge is -2.29. The predicted molar refractivity (Wildman–Crippen MR) is 72.3 cm³/mol. The molecule has 0 spiro atoms. The van der Waals surface area contributed by atoms with Crippen LogP contribution in [0.15, 0.2) is 12.1 Å². The highest BCUT2D eigenvalue weighted by molar-refractivity contribution is 5.72. The first kappa shape index (κ1) is 15.7. The number of rotatable bonds is 4. The molecular formula is C15H18F3NO2. The Labute approximate surface area is 121 Å². The van der Waals surface area contributed by atoms with E-state index in [9.17, 15) is 18.0 Å². The second-order valence-electron chi connectivity index (χ2n) is 5.20. The Bertz CT molecular complexity index is 499. The minimum Gasteiger partial charge on any atom is -0.466 e. The zero-order valence-corrected chi connectivity index (χ0v) is 11.8. The highest BCUT2D eigenvalue weighted by atomic mass is 19.1. The molecule has 0 radical (unpaired) electrons. The quantitative estimate of drug-likeness (QED) is 0.863. The van der Waals surface area contributed by atoms with Gasteiger partial charge in [-0.2, -0.15) is 0 Å². The number of carbonyl (C=O) groups excluding carboxylic acids is 1. The second-order valence-corrected chi connectivity index (χ2v) is 5.20. The maximum atomic E-state index is 13.6. The van der Waals surface area contributed by atoms with E-state index in [0.29, 0.717) is 38.0 Å². The third kappa shape index (κ3) is 3.89. The maximum Gasteiger partial charge on any atom is 0.308 e. The number of halogens is 3. The van der Waals surface area contributed by atoms with Crippen LogP contribution in [0.25, 0.3) is 0 Å². The summed E-state index contributed by atoms with van der Waals surface area (Å²) in [5, 5.41) is 2.75. The van der Waals surface area contributed by atoms with Crippen LogP contribution in [0.4, 0.5) is 18.9 Å². The molecule has 0 saturated heterocycles. The van der Waals surface area contributed by atoms with E-state index in [2.05, 4.69) is 5.32 Å². The number of esters is 1. The molecule has 1 N–H and O–H groups in total. The molecule has 0 amide bonds. The Morgan fingerprint density at radius 3 is 2.57 bits per heavy atom. The predicted octanol–water partition coefficient (Wildman–Crippen LogP) is 3.64. The van der Waals surface area contributed by atoms with Crippen molar-refractivity contribution in [2.45, 2.75) is 38.6 Å². The monoisotopic (exact) mass is 301 g/mol. The van der Waals surface area contributed by atoms with E-state index in [0.717, 1.165) is 6.42 Å². The van der Waals surface area contributed by atoms with E-state index in [1.54, 1.807) is 6.92 Å². The fraction of sp³-hybridized carbons (Fsp3) is 0.533. The summed E-state index contributed by atoms with van der Waals surface area (Å²) in [6, 6.07) is 1.04. The number of carbonyl (C=O) groups is 1. The first-order chi connectivity index (χ1) is 10.0. The molecule has 0 bridgehead atoms. The van der Waals surface area contributed by atoms with Gasteiger partial charge in [-0.15, -0.1) is 0 Å². The summed E-state index contributed by atoms with van der Waals surface area (Å²) >= 11 is 0. The summed E-state index contributed by atoms with van der Waals surface area (Å²) in [6.07, 6.45) is 2.64. The number of ether oxygens (including phenoxy) is 1. The Hall–Kier alpha value is -1.72. The van der Waals surface area contributed by atoms with Crippen LogP contribution >= 0.6 is 0 Å². The third-order valence-corrected chi connectivity index (χ3v) is 3.65. The number of anilines is 1. The van der Waals surface area contributed by atoms with Gasteiger partial charge in [0.1, 0.15) is 11.5 Å². The summed E-state index contributed by atoms with van der Waals surface area (Å²) in [6.45, 7) is 2.05. The molecule has 2 unspecified atom stereocenters. The molecule has 21 heavy (non-hydrogen) atoms. The fourth-order valence-electron chi connectivity index (χ4n) is 2.68. The van der Waals surface area contributed by atoms with Crippen LogP contribution in [-0.4, -0.2) is 18.6 Å². The first-order valence-electron chi connectivity index (χ1n) is 7.09. The molecule has 0 aliphatic heterocycles. The fourth-order valence-corrected chi connectivity index (χ4v) is 2.68. The Morgan fingerprint density at radius 2 is 1.95 bits per heavy atom. The topological polar surface area (TPSA) is 38.3 Å². The smallest absolute Gasteiger partial charge is 0.308 e. The van der Waals surface area contributed by atoms with Gasteiger partial charge >= 0.3 is 5.97 Å². The van der Waals surface area contributed by atoms with Crippen LogP contribution in [-0.2, 0) is 9.53 Å². The van der Waals surface area contributed by atoms with Gasteiger partial charge in [0.15, 0.2) is 11.6 Å². The highest BCUT2D eigenvalue weighted by Crippen LogP contribution is 2.29. The van der Waals surface area contributed by atoms with Gasteiger partial charge in [0.25, 0.3) is 0 Å². The molecule has 1 aromatic carbocycles. The van der Waals surface area contributed by atoms with Crippen LogP contribution in [0.3, 0.4) is 0 Å². The van der Waals surface area contributed by atoms with Crippen molar-refractivity contribution in [3.05, 3.63) is 29.6 Å². The summed E-state index contributed by atoms with van der Waals surface area (Å²) in [4.78, 5) is 11.7. The van der Waals surface area contributed by atoms with Gasteiger partial charge in [-0.05, 0) is 26.2 Å². The molecule has 2 rings (SSSR count). The first-order valence-corrected chi connectivity index (χ1v) is 7.09. The lowest BCUT2D eigenvalue weighted by molar-refractivity contribution is -0.149. The van der Waals surface area contributed by atoms with Crippen molar-refractivity contribution < 1.29 is 22.7 Å². The molecule has 0 aromatic heterocycles. The van der Waals surface area contributed by atoms with Gasteiger partial charge in [0, 0.05) is 18.2 Å². The Balaban J connectivity index is 2.04. The SMILES string of the molecule is CCOC(=O)C1CCCC(Nc2c(F)cc(F)cc2F)C1.